The van der Waals surface area contributed by atoms with Gasteiger partial charge in [0.1, 0.15) is 5.75 Å². The Morgan fingerprint density at radius 1 is 1.16 bits per heavy atom. The molecule has 130 valence electrons. The molecule has 0 radical (unpaired) electrons. The van der Waals surface area contributed by atoms with Gasteiger partial charge in [-0.2, -0.15) is 0 Å². The maximum absolute atomic E-state index is 13.2. The van der Waals surface area contributed by atoms with E-state index in [1.807, 2.05) is 18.2 Å². The van der Waals surface area contributed by atoms with Gasteiger partial charge in [-0.25, -0.2) is 8.42 Å². The van der Waals surface area contributed by atoms with Crippen molar-refractivity contribution in [3.05, 3.63) is 59.1 Å². The third-order valence-electron chi connectivity index (χ3n) is 4.75. The first-order valence-electron chi connectivity index (χ1n) is 7.90. The fourth-order valence-corrected chi connectivity index (χ4v) is 5.63. The lowest BCUT2D eigenvalue weighted by Gasteiger charge is -2.46. The molecule has 2 aliphatic heterocycles. The van der Waals surface area contributed by atoms with Crippen molar-refractivity contribution in [2.75, 3.05) is 0 Å². The van der Waals surface area contributed by atoms with E-state index in [4.69, 9.17) is 16.3 Å². The van der Waals surface area contributed by atoms with E-state index in [1.54, 1.807) is 13.0 Å². The zero-order valence-electron chi connectivity index (χ0n) is 13.4. The fourth-order valence-electron chi connectivity index (χ4n) is 3.68. The first-order chi connectivity index (χ1) is 11.8. The van der Waals surface area contributed by atoms with Crippen molar-refractivity contribution >= 4 is 27.3 Å². The van der Waals surface area contributed by atoms with Gasteiger partial charge in [-0.1, -0.05) is 29.8 Å². The lowest BCUT2D eigenvalue weighted by Crippen LogP contribution is -2.63. The average Bonchev–Trinajstić information content (AvgIpc) is 2.54. The number of hydrogen-bond donors (Lipinski definition) is 1. The topological polar surface area (TPSA) is 72.5 Å². The Morgan fingerprint density at radius 3 is 2.56 bits per heavy atom. The van der Waals surface area contributed by atoms with Gasteiger partial charge in [0, 0.05) is 17.4 Å². The van der Waals surface area contributed by atoms with Gasteiger partial charge in [-0.05, 0) is 42.8 Å². The zero-order chi connectivity index (χ0) is 17.8. The Balaban J connectivity index is 1.85. The van der Waals surface area contributed by atoms with E-state index in [1.165, 1.54) is 24.3 Å². The largest absolute Gasteiger partial charge is 0.468 e. The molecule has 1 amide bonds. The lowest BCUT2D eigenvalue weighted by atomic mass is 9.81. The number of benzene rings is 2. The molecule has 25 heavy (non-hydrogen) atoms. The summed E-state index contributed by atoms with van der Waals surface area (Å²) in [5.41, 5.74) is -0.153. The summed E-state index contributed by atoms with van der Waals surface area (Å²) in [5, 5.41) is 1.97. The minimum Gasteiger partial charge on any atom is -0.468 e. The maximum atomic E-state index is 13.2. The van der Waals surface area contributed by atoms with Gasteiger partial charge in [-0.3, -0.25) is 4.79 Å². The fraction of sp³-hybridized carbons (Fsp3) is 0.278. The Morgan fingerprint density at radius 2 is 1.84 bits per heavy atom. The summed E-state index contributed by atoms with van der Waals surface area (Å²) >= 11 is 5.85. The van der Waals surface area contributed by atoms with Crippen molar-refractivity contribution in [1.29, 1.82) is 0 Å². The van der Waals surface area contributed by atoms with Crippen molar-refractivity contribution in [3.63, 3.8) is 0 Å². The van der Waals surface area contributed by atoms with Crippen molar-refractivity contribution < 1.29 is 17.9 Å². The van der Waals surface area contributed by atoms with E-state index in [2.05, 4.69) is 5.32 Å². The van der Waals surface area contributed by atoms with Gasteiger partial charge >= 0.3 is 0 Å². The zero-order valence-corrected chi connectivity index (χ0v) is 15.0. The van der Waals surface area contributed by atoms with Crippen molar-refractivity contribution in [2.24, 2.45) is 0 Å². The molecular formula is C18H16ClNO4S. The van der Waals surface area contributed by atoms with Crippen LogP contribution in [0.4, 0.5) is 0 Å². The first-order valence-corrected chi connectivity index (χ1v) is 9.82. The summed E-state index contributed by atoms with van der Waals surface area (Å²) in [4.78, 5) is 12.8. The van der Waals surface area contributed by atoms with Crippen LogP contribution in [0.25, 0.3) is 0 Å². The Hall–Kier alpha value is -2.05. The molecule has 0 spiro atoms. The van der Waals surface area contributed by atoms with Crippen LogP contribution in [0, 0.1) is 0 Å². The number of carbonyl (C=O) groups excluding carboxylic acids is 1. The average molecular weight is 378 g/mol. The predicted octanol–water partition coefficient (Wildman–Crippen LogP) is 2.89. The molecule has 0 unspecified atom stereocenters. The van der Waals surface area contributed by atoms with Crippen molar-refractivity contribution in [1.82, 2.24) is 5.32 Å². The van der Waals surface area contributed by atoms with Crippen LogP contribution in [0.5, 0.6) is 5.75 Å². The summed E-state index contributed by atoms with van der Waals surface area (Å²) in [6.45, 7) is 1.76. The number of nitrogens with one attached hydrogen (secondary N) is 1. The van der Waals surface area contributed by atoms with Crippen molar-refractivity contribution in [3.8, 4) is 5.75 Å². The molecule has 2 bridgehead atoms. The molecule has 1 saturated heterocycles. The minimum absolute atomic E-state index is 0.0876. The molecule has 2 aromatic rings. The molecule has 0 saturated carbocycles. The number of para-hydroxylation sites is 1. The van der Waals surface area contributed by atoms with E-state index >= 15 is 0 Å². The van der Waals surface area contributed by atoms with Crippen LogP contribution in [0.15, 0.2) is 53.4 Å². The number of ether oxygens (including phenoxy) is 1. The number of halogens is 1. The molecule has 2 aromatic carbocycles. The van der Waals surface area contributed by atoms with Crippen LogP contribution >= 0.6 is 11.6 Å². The van der Waals surface area contributed by atoms with Gasteiger partial charge in [0.05, 0.1) is 4.90 Å². The van der Waals surface area contributed by atoms with Gasteiger partial charge < -0.3 is 10.1 Å². The molecular weight excluding hydrogens is 362 g/mol. The highest BCUT2D eigenvalue weighted by Crippen LogP contribution is 2.46. The van der Waals surface area contributed by atoms with Crippen LogP contribution in [0.2, 0.25) is 5.02 Å². The molecule has 4 rings (SSSR count). The molecule has 2 aliphatic rings. The lowest BCUT2D eigenvalue weighted by molar-refractivity contribution is -0.132. The van der Waals surface area contributed by atoms with Crippen LogP contribution in [0.3, 0.4) is 0 Å². The molecule has 0 aliphatic carbocycles. The number of fused-ring (bicyclic) bond motifs is 4. The normalized spacial score (nSPS) is 27.8. The molecule has 7 heteroatoms. The standard InChI is InChI=1S/C18H16ClNO4S/c1-18-10-14(13-4-2-3-5-15(13)24-18)16(17(21)20-18)25(22,23)12-8-6-11(19)7-9-12/h2-9,14,16H,10H2,1H3,(H,20,21)/t14-,16+,18-/m0/s1. The Labute approximate surface area is 150 Å². The van der Waals surface area contributed by atoms with Gasteiger partial charge in [0.25, 0.3) is 0 Å². The molecule has 1 fully saturated rings. The second-order valence-corrected chi connectivity index (χ2v) is 9.10. The van der Waals surface area contributed by atoms with Crippen LogP contribution in [-0.4, -0.2) is 25.3 Å². The van der Waals surface area contributed by atoms with E-state index in [0.29, 0.717) is 17.2 Å². The van der Waals surface area contributed by atoms with Gasteiger partial charge in [0.15, 0.2) is 20.8 Å². The second kappa shape index (κ2) is 5.47. The second-order valence-electron chi connectivity index (χ2n) is 6.59. The third-order valence-corrected chi connectivity index (χ3v) is 7.14. The molecule has 0 aromatic heterocycles. The summed E-state index contributed by atoms with van der Waals surface area (Å²) < 4.78 is 32.3. The smallest absolute Gasteiger partial charge is 0.242 e. The number of rotatable bonds is 2. The molecule has 2 heterocycles. The van der Waals surface area contributed by atoms with Gasteiger partial charge in [0.2, 0.25) is 5.91 Å². The molecule has 3 atom stereocenters. The number of carbonyl (C=O) groups is 1. The highest BCUT2D eigenvalue weighted by Gasteiger charge is 2.53. The van der Waals surface area contributed by atoms with E-state index in [9.17, 15) is 13.2 Å². The monoisotopic (exact) mass is 377 g/mol. The third kappa shape index (κ3) is 2.60. The van der Waals surface area contributed by atoms with E-state index < -0.39 is 32.6 Å². The number of amides is 1. The highest BCUT2D eigenvalue weighted by atomic mass is 35.5. The van der Waals surface area contributed by atoms with Crippen LogP contribution < -0.4 is 10.1 Å². The van der Waals surface area contributed by atoms with Crippen molar-refractivity contribution in [2.45, 2.75) is 35.1 Å². The predicted molar refractivity (Wildman–Crippen MR) is 93.4 cm³/mol. The maximum Gasteiger partial charge on any atom is 0.242 e. The molecule has 1 N–H and O–H groups in total. The van der Waals surface area contributed by atoms with E-state index in [-0.39, 0.29) is 4.90 Å². The van der Waals surface area contributed by atoms with E-state index in [0.717, 1.165) is 5.56 Å². The summed E-state index contributed by atoms with van der Waals surface area (Å²) in [6, 6.07) is 13.2. The SMILES string of the molecule is C[C@@]12C[C@@H](c3ccccc3O1)[C@@H](S(=O)(=O)c1ccc(Cl)cc1)C(=O)N2. The number of hydrogen-bond acceptors (Lipinski definition) is 4. The number of piperidine rings is 1. The highest BCUT2D eigenvalue weighted by molar-refractivity contribution is 7.92. The van der Waals surface area contributed by atoms with Crippen LogP contribution in [0.1, 0.15) is 24.8 Å². The minimum atomic E-state index is -3.87. The Kier molecular flexibility index (Phi) is 3.60. The number of sulfone groups is 1. The molecule has 5 nitrogen and oxygen atoms in total. The first kappa shape index (κ1) is 16.4. The summed E-state index contributed by atoms with van der Waals surface area (Å²) in [7, 11) is -3.87. The Bertz CT molecular complexity index is 957. The summed E-state index contributed by atoms with van der Waals surface area (Å²) in [6.07, 6.45) is 0.396. The quantitative estimate of drug-likeness (QED) is 0.873. The summed E-state index contributed by atoms with van der Waals surface area (Å²) in [5.74, 6) is -0.398. The van der Waals surface area contributed by atoms with Gasteiger partial charge in [-0.15, -0.1) is 0 Å². The van der Waals surface area contributed by atoms with Crippen LogP contribution in [-0.2, 0) is 14.6 Å².